The molecule has 0 radical (unpaired) electrons. The van der Waals surface area contributed by atoms with Crippen molar-refractivity contribution in [1.82, 2.24) is 4.90 Å². The summed E-state index contributed by atoms with van der Waals surface area (Å²) in [5.41, 5.74) is 0.466. The third kappa shape index (κ3) is 3.51. The van der Waals surface area contributed by atoms with Gasteiger partial charge in [-0.25, -0.2) is 0 Å². The minimum absolute atomic E-state index is 0.350. The lowest BCUT2D eigenvalue weighted by Gasteiger charge is -2.21. The lowest BCUT2D eigenvalue weighted by atomic mass is 9.90. The number of rotatable bonds is 4. The highest BCUT2D eigenvalue weighted by molar-refractivity contribution is 5.76. The highest BCUT2D eigenvalue weighted by atomic mass is 16.2. The third-order valence-corrected chi connectivity index (χ3v) is 3.65. The van der Waals surface area contributed by atoms with Gasteiger partial charge in [-0.1, -0.05) is 13.8 Å². The van der Waals surface area contributed by atoms with Gasteiger partial charge in [0, 0.05) is 19.5 Å². The van der Waals surface area contributed by atoms with E-state index in [1.807, 2.05) is 4.90 Å². The van der Waals surface area contributed by atoms with Crippen molar-refractivity contribution in [2.24, 2.45) is 11.3 Å². The number of carbonyl (C=O) groups excluding carboxylic acids is 1. The van der Waals surface area contributed by atoms with Crippen molar-refractivity contribution in [2.75, 3.05) is 13.1 Å². The molecule has 0 aromatic carbocycles. The molecule has 0 saturated heterocycles. The van der Waals surface area contributed by atoms with Crippen LogP contribution in [0.25, 0.3) is 0 Å². The summed E-state index contributed by atoms with van der Waals surface area (Å²) in [6.45, 7) is 10.4. The highest BCUT2D eigenvalue weighted by Gasteiger charge is 2.32. The first-order valence-electron chi connectivity index (χ1n) is 6.26. The first-order chi connectivity index (χ1) is 6.98. The van der Waals surface area contributed by atoms with Crippen molar-refractivity contribution in [3.05, 3.63) is 0 Å². The predicted octanol–water partition coefficient (Wildman–Crippen LogP) is 3.07. The molecule has 0 aromatic heterocycles. The van der Waals surface area contributed by atoms with E-state index in [0.29, 0.717) is 17.2 Å². The molecule has 0 bridgehead atoms. The average Bonchev–Trinajstić information content (AvgIpc) is 2.47. The maximum atomic E-state index is 11.9. The summed E-state index contributed by atoms with van der Waals surface area (Å²) in [7, 11) is 0. The Hall–Kier alpha value is -0.530. The molecule has 1 atom stereocenters. The molecular weight excluding hydrogens is 186 g/mol. The molecule has 0 aromatic rings. The zero-order chi connectivity index (χ0) is 11.5. The van der Waals surface area contributed by atoms with Gasteiger partial charge in [0.05, 0.1) is 0 Å². The van der Waals surface area contributed by atoms with E-state index in [2.05, 4.69) is 27.7 Å². The van der Waals surface area contributed by atoms with E-state index in [9.17, 15) is 4.79 Å². The van der Waals surface area contributed by atoms with Gasteiger partial charge in [0.15, 0.2) is 0 Å². The van der Waals surface area contributed by atoms with Crippen molar-refractivity contribution in [1.29, 1.82) is 0 Å². The Kier molecular flexibility index (Phi) is 4.18. The van der Waals surface area contributed by atoms with Crippen LogP contribution < -0.4 is 0 Å². The van der Waals surface area contributed by atoms with Gasteiger partial charge in [-0.2, -0.15) is 0 Å². The van der Waals surface area contributed by atoms with Crippen LogP contribution in [-0.4, -0.2) is 23.9 Å². The van der Waals surface area contributed by atoms with Crippen molar-refractivity contribution in [2.45, 2.75) is 53.4 Å². The molecule has 0 aliphatic heterocycles. The number of hydrogen-bond acceptors (Lipinski definition) is 1. The van der Waals surface area contributed by atoms with Crippen molar-refractivity contribution in [3.63, 3.8) is 0 Å². The van der Waals surface area contributed by atoms with Gasteiger partial charge in [-0.05, 0) is 44.4 Å². The van der Waals surface area contributed by atoms with Gasteiger partial charge >= 0.3 is 0 Å². The van der Waals surface area contributed by atoms with Gasteiger partial charge in [0.2, 0.25) is 5.91 Å². The van der Waals surface area contributed by atoms with Gasteiger partial charge < -0.3 is 4.90 Å². The summed E-state index contributed by atoms with van der Waals surface area (Å²) in [5, 5.41) is 0. The molecule has 1 rings (SSSR count). The molecule has 15 heavy (non-hydrogen) atoms. The standard InChI is InChI=1S/C13H25NO/c1-5-14(6-2)12(15)9-11-7-8-13(3,4)10-11/h11H,5-10H2,1-4H3. The summed E-state index contributed by atoms with van der Waals surface area (Å²) in [6.07, 6.45) is 4.51. The van der Waals surface area contributed by atoms with Gasteiger partial charge in [0.1, 0.15) is 0 Å². The Labute approximate surface area is 94.0 Å². The van der Waals surface area contributed by atoms with Crippen LogP contribution in [0.4, 0.5) is 0 Å². The fraction of sp³-hybridized carbons (Fsp3) is 0.923. The third-order valence-electron chi connectivity index (χ3n) is 3.65. The zero-order valence-electron chi connectivity index (χ0n) is 10.7. The number of amides is 1. The largest absolute Gasteiger partial charge is 0.343 e. The second kappa shape index (κ2) is 5.00. The Bertz CT molecular complexity index is 219. The number of hydrogen-bond donors (Lipinski definition) is 0. The van der Waals surface area contributed by atoms with Crippen LogP contribution in [0.3, 0.4) is 0 Å². The van der Waals surface area contributed by atoms with Crippen LogP contribution in [0.15, 0.2) is 0 Å². The summed E-state index contributed by atoms with van der Waals surface area (Å²) in [5.74, 6) is 0.982. The van der Waals surface area contributed by atoms with Crippen LogP contribution in [0.5, 0.6) is 0 Å². The topological polar surface area (TPSA) is 20.3 Å². The molecule has 0 N–H and O–H groups in total. The zero-order valence-corrected chi connectivity index (χ0v) is 10.7. The number of carbonyl (C=O) groups is 1. The van der Waals surface area contributed by atoms with E-state index in [0.717, 1.165) is 19.5 Å². The fourth-order valence-corrected chi connectivity index (χ4v) is 2.71. The summed E-state index contributed by atoms with van der Waals surface area (Å²) in [4.78, 5) is 13.8. The molecule has 88 valence electrons. The van der Waals surface area contributed by atoms with Crippen LogP contribution in [-0.2, 0) is 4.79 Å². The molecule has 0 heterocycles. The van der Waals surface area contributed by atoms with E-state index in [4.69, 9.17) is 0 Å². The van der Waals surface area contributed by atoms with Crippen molar-refractivity contribution in [3.8, 4) is 0 Å². The minimum atomic E-state index is 0.350. The average molecular weight is 211 g/mol. The maximum Gasteiger partial charge on any atom is 0.222 e. The smallest absolute Gasteiger partial charge is 0.222 e. The second-order valence-corrected chi connectivity index (χ2v) is 5.54. The first kappa shape index (κ1) is 12.5. The van der Waals surface area contributed by atoms with E-state index in [-0.39, 0.29) is 0 Å². The maximum absolute atomic E-state index is 11.9. The lowest BCUT2D eigenvalue weighted by molar-refractivity contribution is -0.131. The number of nitrogens with zero attached hydrogens (tertiary/aromatic N) is 1. The Morgan fingerprint density at radius 1 is 1.33 bits per heavy atom. The van der Waals surface area contributed by atoms with Gasteiger partial charge in [-0.15, -0.1) is 0 Å². The van der Waals surface area contributed by atoms with Crippen molar-refractivity contribution < 1.29 is 4.79 Å². The van der Waals surface area contributed by atoms with Crippen LogP contribution in [0.1, 0.15) is 53.4 Å². The molecule has 1 fully saturated rings. The molecule has 1 aliphatic rings. The summed E-state index contributed by atoms with van der Waals surface area (Å²) < 4.78 is 0. The fourth-order valence-electron chi connectivity index (χ4n) is 2.71. The Morgan fingerprint density at radius 3 is 2.33 bits per heavy atom. The molecule has 1 aliphatic carbocycles. The molecule has 2 heteroatoms. The lowest BCUT2D eigenvalue weighted by Crippen LogP contribution is -2.31. The quantitative estimate of drug-likeness (QED) is 0.700. The van der Waals surface area contributed by atoms with Crippen molar-refractivity contribution >= 4 is 5.91 Å². The molecule has 1 amide bonds. The van der Waals surface area contributed by atoms with Gasteiger partial charge in [-0.3, -0.25) is 4.79 Å². The predicted molar refractivity (Wildman–Crippen MR) is 63.7 cm³/mol. The Balaban J connectivity index is 2.39. The molecule has 1 unspecified atom stereocenters. The van der Waals surface area contributed by atoms with Crippen LogP contribution in [0.2, 0.25) is 0 Å². The van der Waals surface area contributed by atoms with E-state index in [1.54, 1.807) is 0 Å². The monoisotopic (exact) mass is 211 g/mol. The summed E-state index contributed by atoms with van der Waals surface area (Å²) in [6, 6.07) is 0. The SMILES string of the molecule is CCN(CC)C(=O)CC1CCC(C)(C)C1. The van der Waals surface area contributed by atoms with Gasteiger partial charge in [0.25, 0.3) is 0 Å². The van der Waals surface area contributed by atoms with Crippen LogP contribution >= 0.6 is 0 Å². The molecule has 1 saturated carbocycles. The Morgan fingerprint density at radius 2 is 1.93 bits per heavy atom. The van der Waals surface area contributed by atoms with Crippen LogP contribution in [0, 0.1) is 11.3 Å². The first-order valence-corrected chi connectivity index (χ1v) is 6.26. The normalized spacial score (nSPS) is 24.1. The minimum Gasteiger partial charge on any atom is -0.343 e. The highest BCUT2D eigenvalue weighted by Crippen LogP contribution is 2.42. The van der Waals surface area contributed by atoms with E-state index >= 15 is 0 Å². The summed E-state index contributed by atoms with van der Waals surface area (Å²) >= 11 is 0. The molecular formula is C13H25NO. The molecule has 2 nitrogen and oxygen atoms in total. The van der Waals surface area contributed by atoms with E-state index in [1.165, 1.54) is 19.3 Å². The molecule has 0 spiro atoms. The van der Waals surface area contributed by atoms with E-state index < -0.39 is 0 Å². The second-order valence-electron chi connectivity index (χ2n) is 5.54.